The minimum Gasteiger partial charge on any atom is -0.381 e. The third-order valence-electron chi connectivity index (χ3n) is 3.81. The Bertz CT molecular complexity index is 473. The summed E-state index contributed by atoms with van der Waals surface area (Å²) in [7, 11) is 0. The maximum atomic E-state index is 13.9. The predicted molar refractivity (Wildman–Crippen MR) is 69.6 cm³/mol. The Morgan fingerprint density at radius 1 is 1.29 bits per heavy atom. The molecule has 0 spiro atoms. The molecular weight excluding hydrogens is 288 g/mol. The van der Waals surface area contributed by atoms with Gasteiger partial charge in [-0.05, 0) is 43.4 Å². The van der Waals surface area contributed by atoms with Crippen LogP contribution in [0.4, 0.5) is 17.6 Å². The molecule has 0 amide bonds. The first-order valence-corrected chi connectivity index (χ1v) is 6.82. The van der Waals surface area contributed by atoms with E-state index in [1.54, 1.807) is 0 Å². The highest BCUT2D eigenvalue weighted by Gasteiger charge is 2.32. The first-order valence-electron chi connectivity index (χ1n) is 6.82. The number of ether oxygens (including phenoxy) is 1. The third-order valence-corrected chi connectivity index (χ3v) is 3.81. The number of nitrogens with one attached hydrogen (secondary N) is 1. The molecule has 7 heteroatoms. The second-order valence-corrected chi connectivity index (χ2v) is 5.24. The van der Waals surface area contributed by atoms with E-state index in [4.69, 9.17) is 10.6 Å². The molecule has 3 N–H and O–H groups in total. The zero-order valence-electron chi connectivity index (χ0n) is 11.4. The van der Waals surface area contributed by atoms with Gasteiger partial charge < -0.3 is 4.74 Å². The smallest absolute Gasteiger partial charge is 0.381 e. The maximum absolute atomic E-state index is 13.9. The van der Waals surface area contributed by atoms with Crippen molar-refractivity contribution in [2.75, 3.05) is 13.2 Å². The number of alkyl halides is 3. The molecule has 0 bridgehead atoms. The highest BCUT2D eigenvalue weighted by Crippen LogP contribution is 2.34. The Morgan fingerprint density at radius 2 is 1.95 bits per heavy atom. The van der Waals surface area contributed by atoms with E-state index in [-0.39, 0.29) is 11.5 Å². The van der Waals surface area contributed by atoms with E-state index in [0.29, 0.717) is 19.6 Å². The summed E-state index contributed by atoms with van der Waals surface area (Å²) in [4.78, 5) is 0. The lowest BCUT2D eigenvalue weighted by Crippen LogP contribution is -2.32. The van der Waals surface area contributed by atoms with Gasteiger partial charge in [-0.3, -0.25) is 11.3 Å². The normalized spacial score (nSPS) is 18.7. The molecule has 1 heterocycles. The second kappa shape index (κ2) is 6.72. The number of hydrogen-bond acceptors (Lipinski definition) is 3. The van der Waals surface area contributed by atoms with Crippen LogP contribution in [0.2, 0.25) is 0 Å². The van der Waals surface area contributed by atoms with Gasteiger partial charge in [0.05, 0.1) is 5.56 Å². The standard InChI is InChI=1S/C14H18F4N2O/c15-12-2-1-10(14(16,17)18)8-11(12)13(20-19)7-9-3-5-21-6-4-9/h1-2,8-9,13,20H,3-7,19H2. The van der Waals surface area contributed by atoms with Gasteiger partial charge in [0.2, 0.25) is 0 Å². The minimum absolute atomic E-state index is 0.0428. The van der Waals surface area contributed by atoms with Crippen LogP contribution in [0.1, 0.15) is 36.4 Å². The maximum Gasteiger partial charge on any atom is 0.416 e. The molecular formula is C14H18F4N2O. The highest BCUT2D eigenvalue weighted by molar-refractivity contribution is 5.29. The number of nitrogens with two attached hydrogens (primary N) is 1. The molecule has 0 saturated carbocycles. The van der Waals surface area contributed by atoms with E-state index < -0.39 is 23.6 Å². The summed E-state index contributed by atoms with van der Waals surface area (Å²) < 4.78 is 57.3. The number of benzene rings is 1. The highest BCUT2D eigenvalue weighted by atomic mass is 19.4. The van der Waals surface area contributed by atoms with Gasteiger partial charge >= 0.3 is 6.18 Å². The number of hydrogen-bond donors (Lipinski definition) is 2. The molecule has 2 rings (SSSR count). The fourth-order valence-corrected chi connectivity index (χ4v) is 2.59. The Kier molecular flexibility index (Phi) is 5.18. The van der Waals surface area contributed by atoms with Gasteiger partial charge in [0, 0.05) is 24.8 Å². The van der Waals surface area contributed by atoms with Crippen molar-refractivity contribution < 1.29 is 22.3 Å². The number of halogens is 4. The van der Waals surface area contributed by atoms with E-state index in [9.17, 15) is 17.6 Å². The van der Waals surface area contributed by atoms with Gasteiger partial charge in [0.1, 0.15) is 5.82 Å². The molecule has 118 valence electrons. The van der Waals surface area contributed by atoms with E-state index in [2.05, 4.69) is 5.43 Å². The van der Waals surface area contributed by atoms with E-state index >= 15 is 0 Å². The third kappa shape index (κ3) is 4.15. The quantitative estimate of drug-likeness (QED) is 0.510. The Labute approximate surface area is 120 Å². The van der Waals surface area contributed by atoms with Crippen molar-refractivity contribution in [3.8, 4) is 0 Å². The van der Waals surface area contributed by atoms with Crippen molar-refractivity contribution in [2.24, 2.45) is 11.8 Å². The Hall–Kier alpha value is -1.18. The average molecular weight is 306 g/mol. The first-order chi connectivity index (χ1) is 9.91. The van der Waals surface area contributed by atoms with Crippen LogP contribution in [0.3, 0.4) is 0 Å². The lowest BCUT2D eigenvalue weighted by molar-refractivity contribution is -0.137. The summed E-state index contributed by atoms with van der Waals surface area (Å²) >= 11 is 0. The Morgan fingerprint density at radius 3 is 2.52 bits per heavy atom. The van der Waals surface area contributed by atoms with Crippen molar-refractivity contribution in [3.63, 3.8) is 0 Å². The van der Waals surface area contributed by atoms with Crippen LogP contribution in [0.5, 0.6) is 0 Å². The van der Waals surface area contributed by atoms with Gasteiger partial charge in [-0.25, -0.2) is 4.39 Å². The molecule has 1 saturated heterocycles. The molecule has 1 aromatic carbocycles. The van der Waals surface area contributed by atoms with Crippen LogP contribution in [-0.4, -0.2) is 13.2 Å². The first kappa shape index (κ1) is 16.2. The summed E-state index contributed by atoms with van der Waals surface area (Å²) in [5, 5.41) is 0. The van der Waals surface area contributed by atoms with Crippen LogP contribution in [0.25, 0.3) is 0 Å². The predicted octanol–water partition coefficient (Wildman–Crippen LogP) is 3.17. The summed E-state index contributed by atoms with van der Waals surface area (Å²) in [6.07, 6.45) is -2.41. The second-order valence-electron chi connectivity index (χ2n) is 5.24. The summed E-state index contributed by atoms with van der Waals surface area (Å²) in [6, 6.07) is 1.77. The van der Waals surface area contributed by atoms with E-state index in [1.165, 1.54) is 0 Å². The van der Waals surface area contributed by atoms with Crippen LogP contribution in [0, 0.1) is 11.7 Å². The molecule has 0 aromatic heterocycles. The van der Waals surface area contributed by atoms with Crippen LogP contribution in [-0.2, 0) is 10.9 Å². The lowest BCUT2D eigenvalue weighted by Gasteiger charge is -2.27. The fourth-order valence-electron chi connectivity index (χ4n) is 2.59. The zero-order chi connectivity index (χ0) is 15.5. The Balaban J connectivity index is 2.20. The molecule has 3 nitrogen and oxygen atoms in total. The molecule has 1 aromatic rings. The summed E-state index contributed by atoms with van der Waals surface area (Å²) in [6.45, 7) is 1.24. The topological polar surface area (TPSA) is 47.3 Å². The van der Waals surface area contributed by atoms with Gasteiger partial charge in [-0.1, -0.05) is 0 Å². The number of rotatable bonds is 4. The monoisotopic (exact) mass is 306 g/mol. The molecule has 0 aliphatic carbocycles. The van der Waals surface area contributed by atoms with Crippen LogP contribution < -0.4 is 11.3 Å². The van der Waals surface area contributed by atoms with Crippen LogP contribution >= 0.6 is 0 Å². The molecule has 1 fully saturated rings. The molecule has 1 aliphatic heterocycles. The summed E-state index contributed by atoms with van der Waals surface area (Å²) in [5.74, 6) is 5.00. The molecule has 1 atom stereocenters. The fraction of sp³-hybridized carbons (Fsp3) is 0.571. The molecule has 1 unspecified atom stereocenters. The van der Waals surface area contributed by atoms with E-state index in [0.717, 1.165) is 31.0 Å². The van der Waals surface area contributed by atoms with Crippen molar-refractivity contribution in [3.05, 3.63) is 35.1 Å². The number of hydrazine groups is 1. The van der Waals surface area contributed by atoms with Crippen molar-refractivity contribution in [1.82, 2.24) is 5.43 Å². The van der Waals surface area contributed by atoms with Crippen LogP contribution in [0.15, 0.2) is 18.2 Å². The van der Waals surface area contributed by atoms with Crippen molar-refractivity contribution >= 4 is 0 Å². The van der Waals surface area contributed by atoms with Gasteiger partial charge in [-0.2, -0.15) is 13.2 Å². The zero-order valence-corrected chi connectivity index (χ0v) is 11.4. The SMILES string of the molecule is NNC(CC1CCOCC1)c1cc(C(F)(F)F)ccc1F. The minimum atomic E-state index is -4.50. The molecule has 1 aliphatic rings. The van der Waals surface area contributed by atoms with Gasteiger partial charge in [0.15, 0.2) is 0 Å². The van der Waals surface area contributed by atoms with Gasteiger partial charge in [0.25, 0.3) is 0 Å². The molecule has 0 radical (unpaired) electrons. The van der Waals surface area contributed by atoms with Crippen molar-refractivity contribution in [2.45, 2.75) is 31.5 Å². The van der Waals surface area contributed by atoms with Gasteiger partial charge in [-0.15, -0.1) is 0 Å². The largest absolute Gasteiger partial charge is 0.416 e. The molecule has 21 heavy (non-hydrogen) atoms. The average Bonchev–Trinajstić information content (AvgIpc) is 2.45. The van der Waals surface area contributed by atoms with E-state index in [1.807, 2.05) is 0 Å². The lowest BCUT2D eigenvalue weighted by atomic mass is 9.89. The summed E-state index contributed by atoms with van der Waals surface area (Å²) in [5.41, 5.74) is 1.52. The van der Waals surface area contributed by atoms with Crippen molar-refractivity contribution in [1.29, 1.82) is 0 Å².